The van der Waals surface area contributed by atoms with Crippen molar-refractivity contribution in [1.82, 2.24) is 0 Å². The van der Waals surface area contributed by atoms with Gasteiger partial charge in [-0.1, -0.05) is 17.7 Å². The maximum Gasteiger partial charge on any atom is 0.269 e. The SMILES string of the molecule is Cc1ccc(C)c(SCC(=O)c2ccc([N+](=O)[O-])cc2)c1. The van der Waals surface area contributed by atoms with Crippen LogP contribution >= 0.6 is 11.8 Å². The van der Waals surface area contributed by atoms with Crippen LogP contribution in [-0.2, 0) is 0 Å². The van der Waals surface area contributed by atoms with Crippen molar-refractivity contribution in [3.8, 4) is 0 Å². The Kier molecular flexibility index (Phi) is 4.75. The molecule has 0 heterocycles. The molecule has 0 fully saturated rings. The first-order valence-corrected chi connectivity index (χ1v) is 7.43. The normalized spacial score (nSPS) is 10.4. The Morgan fingerprint density at radius 2 is 1.81 bits per heavy atom. The highest BCUT2D eigenvalue weighted by Crippen LogP contribution is 2.24. The van der Waals surface area contributed by atoms with E-state index in [1.807, 2.05) is 26.0 Å². The van der Waals surface area contributed by atoms with Crippen molar-refractivity contribution in [2.75, 3.05) is 5.75 Å². The van der Waals surface area contributed by atoms with Gasteiger partial charge >= 0.3 is 0 Å². The molecule has 0 spiro atoms. The Balaban J connectivity index is 2.04. The van der Waals surface area contributed by atoms with Gasteiger partial charge in [-0.15, -0.1) is 11.8 Å². The highest BCUT2D eigenvalue weighted by Gasteiger charge is 2.10. The molecule has 2 aromatic carbocycles. The van der Waals surface area contributed by atoms with E-state index >= 15 is 0 Å². The Bertz CT molecular complexity index is 680. The van der Waals surface area contributed by atoms with Crippen LogP contribution in [0.15, 0.2) is 47.4 Å². The molecule has 0 bridgehead atoms. The predicted molar refractivity (Wildman–Crippen MR) is 84.1 cm³/mol. The molecule has 2 rings (SSSR count). The zero-order chi connectivity index (χ0) is 15.4. The van der Waals surface area contributed by atoms with E-state index in [9.17, 15) is 14.9 Å². The number of nitrogens with zero attached hydrogens (tertiary/aromatic N) is 1. The summed E-state index contributed by atoms with van der Waals surface area (Å²) in [6, 6.07) is 11.9. The largest absolute Gasteiger partial charge is 0.293 e. The number of hydrogen-bond acceptors (Lipinski definition) is 4. The van der Waals surface area contributed by atoms with Crippen LogP contribution in [0.3, 0.4) is 0 Å². The van der Waals surface area contributed by atoms with Crippen molar-refractivity contribution in [1.29, 1.82) is 0 Å². The number of carbonyl (C=O) groups is 1. The number of carbonyl (C=O) groups excluding carboxylic acids is 1. The summed E-state index contributed by atoms with van der Waals surface area (Å²) in [5.74, 6) is 0.290. The molecule has 0 radical (unpaired) electrons. The summed E-state index contributed by atoms with van der Waals surface area (Å²) < 4.78 is 0. The third-order valence-corrected chi connectivity index (χ3v) is 4.26. The van der Waals surface area contributed by atoms with E-state index in [4.69, 9.17) is 0 Å². The number of hydrogen-bond donors (Lipinski definition) is 0. The van der Waals surface area contributed by atoms with E-state index < -0.39 is 4.92 Å². The number of ketones is 1. The maximum absolute atomic E-state index is 12.1. The van der Waals surface area contributed by atoms with Crippen LogP contribution in [0.2, 0.25) is 0 Å². The lowest BCUT2D eigenvalue weighted by molar-refractivity contribution is -0.384. The smallest absolute Gasteiger partial charge is 0.269 e. The Labute approximate surface area is 127 Å². The lowest BCUT2D eigenvalue weighted by Crippen LogP contribution is -2.02. The molecule has 0 aliphatic carbocycles. The number of benzene rings is 2. The minimum absolute atomic E-state index is 0.00580. The first-order valence-electron chi connectivity index (χ1n) is 6.45. The van der Waals surface area contributed by atoms with Gasteiger partial charge in [0.1, 0.15) is 0 Å². The van der Waals surface area contributed by atoms with Crippen molar-refractivity contribution in [2.24, 2.45) is 0 Å². The molecular weight excluding hydrogens is 286 g/mol. The van der Waals surface area contributed by atoms with E-state index in [-0.39, 0.29) is 11.5 Å². The van der Waals surface area contributed by atoms with Crippen molar-refractivity contribution < 1.29 is 9.72 Å². The molecule has 4 nitrogen and oxygen atoms in total. The van der Waals surface area contributed by atoms with Crippen LogP contribution in [0, 0.1) is 24.0 Å². The molecule has 2 aromatic rings. The molecule has 108 valence electrons. The maximum atomic E-state index is 12.1. The predicted octanol–water partition coefficient (Wildman–Crippen LogP) is 4.19. The van der Waals surface area contributed by atoms with Gasteiger partial charge in [0.15, 0.2) is 5.78 Å². The molecule has 0 amide bonds. The monoisotopic (exact) mass is 301 g/mol. The Morgan fingerprint density at radius 3 is 2.43 bits per heavy atom. The van der Waals surface area contributed by atoms with E-state index in [1.165, 1.54) is 36.0 Å². The van der Waals surface area contributed by atoms with Crippen LogP contribution in [0.1, 0.15) is 21.5 Å². The van der Waals surface area contributed by atoms with E-state index in [0.29, 0.717) is 11.3 Å². The first-order chi connectivity index (χ1) is 9.97. The van der Waals surface area contributed by atoms with Crippen LogP contribution in [0.25, 0.3) is 0 Å². The quantitative estimate of drug-likeness (QED) is 0.359. The summed E-state index contributed by atoms with van der Waals surface area (Å²) in [7, 11) is 0. The summed E-state index contributed by atoms with van der Waals surface area (Å²) in [4.78, 5) is 23.3. The van der Waals surface area contributed by atoms with Gasteiger partial charge in [0.2, 0.25) is 0 Å². The molecule has 0 aliphatic heterocycles. The van der Waals surface area contributed by atoms with Crippen LogP contribution in [0.4, 0.5) is 5.69 Å². The minimum Gasteiger partial charge on any atom is -0.293 e. The fraction of sp³-hybridized carbons (Fsp3) is 0.188. The van der Waals surface area contributed by atoms with Gasteiger partial charge in [-0.05, 0) is 37.6 Å². The van der Waals surface area contributed by atoms with Gasteiger partial charge in [-0.2, -0.15) is 0 Å². The summed E-state index contributed by atoms with van der Waals surface area (Å²) >= 11 is 1.49. The second-order valence-electron chi connectivity index (χ2n) is 4.78. The lowest BCUT2D eigenvalue weighted by atomic mass is 10.1. The van der Waals surface area contributed by atoms with E-state index in [1.54, 1.807) is 0 Å². The average Bonchev–Trinajstić information content (AvgIpc) is 2.48. The van der Waals surface area contributed by atoms with Crippen molar-refractivity contribution >= 4 is 23.2 Å². The molecule has 0 aromatic heterocycles. The molecule has 5 heteroatoms. The highest BCUT2D eigenvalue weighted by molar-refractivity contribution is 8.00. The zero-order valence-corrected chi connectivity index (χ0v) is 12.6. The van der Waals surface area contributed by atoms with Crippen LogP contribution in [0.5, 0.6) is 0 Å². The fourth-order valence-corrected chi connectivity index (χ4v) is 2.88. The molecule has 0 saturated carbocycles. The summed E-state index contributed by atoms with van der Waals surface area (Å²) in [6.07, 6.45) is 0. The molecule has 0 atom stereocenters. The number of aryl methyl sites for hydroxylation is 2. The molecular formula is C16H15NO3S. The summed E-state index contributed by atoms with van der Waals surface area (Å²) in [5, 5.41) is 10.6. The van der Waals surface area contributed by atoms with Gasteiger partial charge in [0.05, 0.1) is 10.7 Å². The van der Waals surface area contributed by atoms with Gasteiger partial charge < -0.3 is 0 Å². The van der Waals surface area contributed by atoms with E-state index in [2.05, 4.69) is 6.07 Å². The third kappa shape index (κ3) is 3.92. The second kappa shape index (κ2) is 6.54. The second-order valence-corrected chi connectivity index (χ2v) is 5.80. The number of nitro benzene ring substituents is 1. The fourth-order valence-electron chi connectivity index (χ4n) is 1.86. The number of nitro groups is 1. The number of non-ortho nitro benzene ring substituents is 1. The van der Waals surface area contributed by atoms with Gasteiger partial charge in [-0.25, -0.2) is 0 Å². The molecule has 0 unspecified atom stereocenters. The average molecular weight is 301 g/mol. The highest BCUT2D eigenvalue weighted by atomic mass is 32.2. The van der Waals surface area contributed by atoms with Crippen molar-refractivity contribution in [3.63, 3.8) is 0 Å². The van der Waals surface area contributed by atoms with E-state index in [0.717, 1.165) is 16.0 Å². The molecule has 0 N–H and O–H groups in total. The third-order valence-electron chi connectivity index (χ3n) is 3.10. The van der Waals surface area contributed by atoms with Crippen molar-refractivity contribution in [2.45, 2.75) is 18.7 Å². The van der Waals surface area contributed by atoms with Gasteiger partial charge in [0, 0.05) is 22.6 Å². The lowest BCUT2D eigenvalue weighted by Gasteiger charge is -2.06. The van der Waals surface area contributed by atoms with Gasteiger partial charge in [0.25, 0.3) is 5.69 Å². The van der Waals surface area contributed by atoms with Crippen LogP contribution < -0.4 is 0 Å². The topological polar surface area (TPSA) is 60.2 Å². The molecule has 0 aliphatic rings. The standard InChI is InChI=1S/C16H15NO3S/c1-11-3-4-12(2)16(9-11)21-10-15(18)13-5-7-14(8-6-13)17(19)20/h3-9H,10H2,1-2H3. The number of Topliss-reactive ketones (excluding diaryl/α,β-unsaturated/α-hetero) is 1. The Hall–Kier alpha value is -2.14. The molecule has 0 saturated heterocycles. The zero-order valence-electron chi connectivity index (χ0n) is 11.8. The minimum atomic E-state index is -0.473. The first kappa shape index (κ1) is 15.3. The number of thioether (sulfide) groups is 1. The van der Waals surface area contributed by atoms with Crippen molar-refractivity contribution in [3.05, 3.63) is 69.3 Å². The number of rotatable bonds is 5. The van der Waals surface area contributed by atoms with Gasteiger partial charge in [-0.3, -0.25) is 14.9 Å². The molecule has 21 heavy (non-hydrogen) atoms. The summed E-state index contributed by atoms with van der Waals surface area (Å²) in [5.41, 5.74) is 2.79. The van der Waals surface area contributed by atoms with Crippen LogP contribution in [-0.4, -0.2) is 16.5 Å². The summed E-state index contributed by atoms with van der Waals surface area (Å²) in [6.45, 7) is 4.03. The Morgan fingerprint density at radius 1 is 1.14 bits per heavy atom.